The Morgan fingerprint density at radius 1 is 1.26 bits per heavy atom. The lowest BCUT2D eigenvalue weighted by Gasteiger charge is -2.17. The van der Waals surface area contributed by atoms with E-state index in [0.717, 1.165) is 17.7 Å². The van der Waals surface area contributed by atoms with Gasteiger partial charge in [0.1, 0.15) is 0 Å². The molecule has 0 saturated carbocycles. The number of hydrogen-bond acceptors (Lipinski definition) is 4. The summed E-state index contributed by atoms with van der Waals surface area (Å²) in [6.45, 7) is 4.05. The van der Waals surface area contributed by atoms with Crippen molar-refractivity contribution in [2.75, 3.05) is 11.9 Å². The van der Waals surface area contributed by atoms with E-state index in [4.69, 9.17) is 5.73 Å². The van der Waals surface area contributed by atoms with Crippen molar-refractivity contribution in [1.29, 1.82) is 0 Å². The van der Waals surface area contributed by atoms with Crippen LogP contribution in [-0.2, 0) is 6.42 Å². The van der Waals surface area contributed by atoms with Gasteiger partial charge < -0.3 is 10.6 Å². The van der Waals surface area contributed by atoms with Crippen molar-refractivity contribution < 1.29 is 0 Å². The molecule has 1 heterocycles. The van der Waals surface area contributed by atoms with E-state index in [1.807, 2.05) is 43.4 Å². The van der Waals surface area contributed by atoms with Crippen molar-refractivity contribution >= 4 is 11.6 Å². The van der Waals surface area contributed by atoms with Crippen LogP contribution in [0.5, 0.6) is 0 Å². The zero-order valence-electron chi connectivity index (χ0n) is 11.7. The molecule has 0 aliphatic rings. The average Bonchev–Trinajstić information content (AvgIpc) is 2.38. The molecule has 2 rings (SSSR count). The zero-order valence-corrected chi connectivity index (χ0v) is 11.7. The van der Waals surface area contributed by atoms with Crippen LogP contribution in [0.3, 0.4) is 0 Å². The van der Waals surface area contributed by atoms with Crippen LogP contribution >= 0.6 is 0 Å². The van der Waals surface area contributed by atoms with Crippen LogP contribution in [0.2, 0.25) is 0 Å². The van der Waals surface area contributed by atoms with Gasteiger partial charge in [0.15, 0.2) is 0 Å². The highest BCUT2D eigenvalue weighted by molar-refractivity contribution is 5.56. The van der Waals surface area contributed by atoms with E-state index >= 15 is 0 Å². The summed E-state index contributed by atoms with van der Waals surface area (Å²) in [6.07, 6.45) is 4.49. The number of aryl methyl sites for hydroxylation is 1. The van der Waals surface area contributed by atoms with Crippen LogP contribution in [0.15, 0.2) is 36.7 Å². The van der Waals surface area contributed by atoms with Gasteiger partial charge in [0.2, 0.25) is 5.95 Å². The quantitative estimate of drug-likeness (QED) is 0.913. The van der Waals surface area contributed by atoms with Crippen molar-refractivity contribution in [3.05, 3.63) is 47.8 Å². The van der Waals surface area contributed by atoms with Crippen LogP contribution in [0.25, 0.3) is 0 Å². The van der Waals surface area contributed by atoms with E-state index in [9.17, 15) is 0 Å². The standard InChI is InChI=1S/C15H20N4/c1-11-5-4-6-14(7-11)19(3)15-17-9-13(10-18-15)8-12(2)16/h4-7,9-10,12H,8,16H2,1-3H3. The van der Waals surface area contributed by atoms with E-state index in [1.54, 1.807) is 0 Å². The van der Waals surface area contributed by atoms with Crippen molar-refractivity contribution in [3.8, 4) is 0 Å². The van der Waals surface area contributed by atoms with Gasteiger partial charge in [0.05, 0.1) is 0 Å². The lowest BCUT2D eigenvalue weighted by Crippen LogP contribution is -2.18. The highest BCUT2D eigenvalue weighted by Crippen LogP contribution is 2.20. The fraction of sp³-hybridized carbons (Fsp3) is 0.333. The molecule has 19 heavy (non-hydrogen) atoms. The van der Waals surface area contributed by atoms with E-state index in [2.05, 4.69) is 29.0 Å². The van der Waals surface area contributed by atoms with Gasteiger partial charge in [-0.3, -0.25) is 0 Å². The summed E-state index contributed by atoms with van der Waals surface area (Å²) in [5, 5.41) is 0. The summed E-state index contributed by atoms with van der Waals surface area (Å²) in [4.78, 5) is 10.8. The first-order valence-electron chi connectivity index (χ1n) is 6.43. The van der Waals surface area contributed by atoms with Crippen LogP contribution < -0.4 is 10.6 Å². The van der Waals surface area contributed by atoms with Gasteiger partial charge in [-0.25, -0.2) is 9.97 Å². The van der Waals surface area contributed by atoms with Gasteiger partial charge in [-0.2, -0.15) is 0 Å². The largest absolute Gasteiger partial charge is 0.328 e. The Kier molecular flexibility index (Phi) is 4.12. The minimum Gasteiger partial charge on any atom is -0.328 e. The number of benzene rings is 1. The molecule has 0 aliphatic carbocycles. The van der Waals surface area contributed by atoms with E-state index in [-0.39, 0.29) is 6.04 Å². The lowest BCUT2D eigenvalue weighted by atomic mass is 10.1. The molecule has 1 aromatic carbocycles. The number of nitrogens with two attached hydrogens (primary N) is 1. The second-order valence-corrected chi connectivity index (χ2v) is 4.97. The number of anilines is 2. The maximum Gasteiger partial charge on any atom is 0.229 e. The Morgan fingerprint density at radius 2 is 1.95 bits per heavy atom. The SMILES string of the molecule is Cc1cccc(N(C)c2ncc(CC(C)N)cn2)c1. The maximum atomic E-state index is 5.76. The van der Waals surface area contributed by atoms with Crippen molar-refractivity contribution in [3.63, 3.8) is 0 Å². The second-order valence-electron chi connectivity index (χ2n) is 4.97. The van der Waals surface area contributed by atoms with Crippen LogP contribution in [0, 0.1) is 6.92 Å². The Bertz CT molecular complexity index is 534. The molecule has 1 aromatic heterocycles. The predicted molar refractivity (Wildman–Crippen MR) is 78.6 cm³/mol. The Balaban J connectivity index is 2.17. The molecule has 0 radical (unpaired) electrons. The Morgan fingerprint density at radius 3 is 2.53 bits per heavy atom. The Labute approximate surface area is 114 Å². The first-order valence-corrected chi connectivity index (χ1v) is 6.43. The Hall–Kier alpha value is -1.94. The summed E-state index contributed by atoms with van der Waals surface area (Å²) in [7, 11) is 1.97. The molecular weight excluding hydrogens is 236 g/mol. The highest BCUT2D eigenvalue weighted by atomic mass is 15.2. The van der Waals surface area contributed by atoms with Gasteiger partial charge in [0, 0.05) is 31.2 Å². The smallest absolute Gasteiger partial charge is 0.229 e. The third-order valence-corrected chi connectivity index (χ3v) is 2.94. The molecule has 1 atom stereocenters. The van der Waals surface area contributed by atoms with Crippen molar-refractivity contribution in [2.24, 2.45) is 5.73 Å². The lowest BCUT2D eigenvalue weighted by molar-refractivity contribution is 0.732. The first-order chi connectivity index (χ1) is 9.06. The highest BCUT2D eigenvalue weighted by Gasteiger charge is 2.07. The molecule has 100 valence electrons. The molecule has 0 amide bonds. The molecule has 2 aromatic rings. The topological polar surface area (TPSA) is 55.0 Å². The molecule has 2 N–H and O–H groups in total. The summed E-state index contributed by atoms with van der Waals surface area (Å²) >= 11 is 0. The summed E-state index contributed by atoms with van der Waals surface area (Å²) in [6, 6.07) is 8.39. The molecule has 0 aliphatic heterocycles. The first kappa shape index (κ1) is 13.5. The second kappa shape index (κ2) is 5.80. The molecule has 0 fully saturated rings. The average molecular weight is 256 g/mol. The molecule has 0 bridgehead atoms. The molecule has 4 heteroatoms. The molecular formula is C15H20N4. The fourth-order valence-corrected chi connectivity index (χ4v) is 1.95. The van der Waals surface area contributed by atoms with Crippen molar-refractivity contribution in [2.45, 2.75) is 26.3 Å². The number of hydrogen-bond donors (Lipinski definition) is 1. The van der Waals surface area contributed by atoms with Gasteiger partial charge >= 0.3 is 0 Å². The summed E-state index contributed by atoms with van der Waals surface area (Å²) in [5.74, 6) is 0.694. The van der Waals surface area contributed by atoms with Crippen molar-refractivity contribution in [1.82, 2.24) is 9.97 Å². The van der Waals surface area contributed by atoms with Gasteiger partial charge in [-0.1, -0.05) is 12.1 Å². The molecule has 0 saturated heterocycles. The van der Waals surface area contributed by atoms with E-state index in [0.29, 0.717) is 5.95 Å². The van der Waals surface area contributed by atoms with Crippen LogP contribution in [-0.4, -0.2) is 23.1 Å². The number of nitrogens with zero attached hydrogens (tertiary/aromatic N) is 3. The van der Waals surface area contributed by atoms with Crippen LogP contribution in [0.1, 0.15) is 18.1 Å². The summed E-state index contributed by atoms with van der Waals surface area (Å²) < 4.78 is 0. The minimum absolute atomic E-state index is 0.129. The van der Waals surface area contributed by atoms with Gasteiger partial charge in [-0.15, -0.1) is 0 Å². The monoisotopic (exact) mass is 256 g/mol. The van der Waals surface area contributed by atoms with Gasteiger partial charge in [0.25, 0.3) is 0 Å². The molecule has 4 nitrogen and oxygen atoms in total. The maximum absolute atomic E-state index is 5.76. The zero-order chi connectivity index (χ0) is 13.8. The third-order valence-electron chi connectivity index (χ3n) is 2.94. The van der Waals surface area contributed by atoms with Crippen LogP contribution in [0.4, 0.5) is 11.6 Å². The summed E-state index contributed by atoms with van der Waals surface area (Å²) in [5.41, 5.74) is 9.13. The van der Waals surface area contributed by atoms with E-state index in [1.165, 1.54) is 5.56 Å². The van der Waals surface area contributed by atoms with E-state index < -0.39 is 0 Å². The normalized spacial score (nSPS) is 12.2. The van der Waals surface area contributed by atoms with Gasteiger partial charge in [-0.05, 0) is 43.5 Å². The molecule has 1 unspecified atom stereocenters. The number of rotatable bonds is 4. The fourth-order valence-electron chi connectivity index (χ4n) is 1.95. The minimum atomic E-state index is 0.129. The third kappa shape index (κ3) is 3.51. The molecule has 0 spiro atoms. The number of aromatic nitrogens is 2. The predicted octanol–water partition coefficient (Wildman–Crippen LogP) is 2.44.